The van der Waals surface area contributed by atoms with Crippen LogP contribution in [0.2, 0.25) is 0 Å². The van der Waals surface area contributed by atoms with Crippen LogP contribution >= 0.6 is 0 Å². The molecule has 0 atom stereocenters. The second kappa shape index (κ2) is 4.86. The molecule has 4 nitrogen and oxygen atoms in total. The molecule has 5 heteroatoms. The maximum absolute atomic E-state index is 13.5. The van der Waals surface area contributed by atoms with Crippen molar-refractivity contribution in [1.82, 2.24) is 20.0 Å². The van der Waals surface area contributed by atoms with Gasteiger partial charge in [0.2, 0.25) is 5.95 Å². The number of hydrogen-bond donors (Lipinski definition) is 0. The van der Waals surface area contributed by atoms with Crippen LogP contribution in [-0.4, -0.2) is 20.0 Å². The summed E-state index contributed by atoms with van der Waals surface area (Å²) in [5, 5.41) is 7.99. The maximum Gasteiger partial charge on any atom is 0.238 e. The summed E-state index contributed by atoms with van der Waals surface area (Å²) in [6, 6.07) is 3.30. The Kier molecular flexibility index (Phi) is 3.27. The van der Waals surface area contributed by atoms with Crippen molar-refractivity contribution in [1.29, 1.82) is 0 Å². The summed E-state index contributed by atoms with van der Waals surface area (Å²) < 4.78 is 15.0. The third kappa shape index (κ3) is 2.22. The van der Waals surface area contributed by atoms with Gasteiger partial charge in [0.15, 0.2) is 0 Å². The molecule has 0 bridgehead atoms. The molecule has 2 rings (SSSR count). The molecule has 2 aromatic heterocycles. The van der Waals surface area contributed by atoms with E-state index in [1.54, 1.807) is 12.1 Å². The standard InChI is InChI=1S/C12H13FN4/c1-3-4-6-10-9(2)17(16-15-10)11-7-5-8-14-12(11)13/h3-5,7-8H,6H2,1-2H3/b4-3-. The second-order valence-electron chi connectivity index (χ2n) is 3.62. The van der Waals surface area contributed by atoms with E-state index >= 15 is 0 Å². The summed E-state index contributed by atoms with van der Waals surface area (Å²) in [5.41, 5.74) is 1.99. The lowest BCUT2D eigenvalue weighted by Gasteiger charge is -2.03. The molecule has 0 fully saturated rings. The Bertz CT molecular complexity index is 545. The molecule has 88 valence electrons. The van der Waals surface area contributed by atoms with Crippen LogP contribution in [0.25, 0.3) is 5.69 Å². The Hall–Kier alpha value is -2.04. The van der Waals surface area contributed by atoms with Crippen molar-refractivity contribution in [3.05, 3.63) is 47.8 Å². The van der Waals surface area contributed by atoms with Gasteiger partial charge in [-0.3, -0.25) is 0 Å². The summed E-state index contributed by atoms with van der Waals surface area (Å²) in [4.78, 5) is 3.60. The fourth-order valence-corrected chi connectivity index (χ4v) is 1.54. The summed E-state index contributed by atoms with van der Waals surface area (Å²) >= 11 is 0. The van der Waals surface area contributed by atoms with Gasteiger partial charge in [0.1, 0.15) is 5.69 Å². The number of hydrogen-bond acceptors (Lipinski definition) is 3. The Balaban J connectivity index is 2.41. The highest BCUT2D eigenvalue weighted by Gasteiger charge is 2.12. The first-order valence-corrected chi connectivity index (χ1v) is 5.37. The van der Waals surface area contributed by atoms with Crippen molar-refractivity contribution in [2.24, 2.45) is 0 Å². The summed E-state index contributed by atoms with van der Waals surface area (Å²) in [5.74, 6) is -0.543. The van der Waals surface area contributed by atoms with E-state index in [4.69, 9.17) is 0 Å². The van der Waals surface area contributed by atoms with Gasteiger partial charge in [-0.15, -0.1) is 5.10 Å². The predicted molar refractivity (Wildman–Crippen MR) is 62.4 cm³/mol. The molecular formula is C12H13FN4. The van der Waals surface area contributed by atoms with Crippen LogP contribution in [0.15, 0.2) is 30.5 Å². The third-order valence-electron chi connectivity index (χ3n) is 2.50. The van der Waals surface area contributed by atoms with E-state index in [0.717, 1.165) is 11.4 Å². The first kappa shape index (κ1) is 11.4. The topological polar surface area (TPSA) is 43.6 Å². The molecule has 0 aliphatic carbocycles. The van der Waals surface area contributed by atoms with Gasteiger partial charge in [-0.1, -0.05) is 17.4 Å². The van der Waals surface area contributed by atoms with Crippen LogP contribution in [-0.2, 0) is 6.42 Å². The zero-order chi connectivity index (χ0) is 12.3. The third-order valence-corrected chi connectivity index (χ3v) is 2.50. The number of aromatic nitrogens is 4. The number of nitrogens with zero attached hydrogens (tertiary/aromatic N) is 4. The Morgan fingerprint density at radius 2 is 2.29 bits per heavy atom. The minimum absolute atomic E-state index is 0.323. The van der Waals surface area contributed by atoms with Gasteiger partial charge in [0.25, 0.3) is 0 Å². The van der Waals surface area contributed by atoms with Crippen molar-refractivity contribution in [2.45, 2.75) is 20.3 Å². The molecule has 0 aliphatic heterocycles. The van der Waals surface area contributed by atoms with Gasteiger partial charge in [-0.25, -0.2) is 9.67 Å². The van der Waals surface area contributed by atoms with Gasteiger partial charge >= 0.3 is 0 Å². The fraction of sp³-hybridized carbons (Fsp3) is 0.250. The smallest absolute Gasteiger partial charge is 0.226 e. The van der Waals surface area contributed by atoms with Crippen molar-refractivity contribution >= 4 is 0 Å². The van der Waals surface area contributed by atoms with E-state index in [1.165, 1.54) is 10.9 Å². The summed E-state index contributed by atoms with van der Waals surface area (Å²) in [6.45, 7) is 3.81. The van der Waals surface area contributed by atoms with Crippen LogP contribution in [0.5, 0.6) is 0 Å². The summed E-state index contributed by atoms with van der Waals surface area (Å²) in [7, 11) is 0. The highest BCUT2D eigenvalue weighted by molar-refractivity contribution is 5.31. The molecule has 0 spiro atoms. The molecule has 0 aromatic carbocycles. The van der Waals surface area contributed by atoms with Gasteiger partial charge in [0.05, 0.1) is 11.4 Å². The molecule has 0 radical (unpaired) electrons. The van der Waals surface area contributed by atoms with Gasteiger partial charge in [0, 0.05) is 12.6 Å². The number of allylic oxidation sites excluding steroid dienone is 2. The molecule has 2 aromatic rings. The zero-order valence-electron chi connectivity index (χ0n) is 9.76. The number of rotatable bonds is 3. The van der Waals surface area contributed by atoms with E-state index in [1.807, 2.05) is 26.0 Å². The SMILES string of the molecule is C/C=C\Cc1nnn(-c2cccnc2F)c1C. The quantitative estimate of drug-likeness (QED) is 0.602. The van der Waals surface area contributed by atoms with Crippen LogP contribution in [0.1, 0.15) is 18.3 Å². The molecular weight excluding hydrogens is 219 g/mol. The van der Waals surface area contributed by atoms with Gasteiger partial charge in [-0.2, -0.15) is 4.39 Å². The zero-order valence-corrected chi connectivity index (χ0v) is 9.76. The summed E-state index contributed by atoms with van der Waals surface area (Å²) in [6.07, 6.45) is 6.04. The average molecular weight is 232 g/mol. The van der Waals surface area contributed by atoms with Crippen LogP contribution in [0, 0.1) is 12.9 Å². The Labute approximate surface area is 98.8 Å². The molecule has 2 heterocycles. The number of pyridine rings is 1. The van der Waals surface area contributed by atoms with E-state index in [-0.39, 0.29) is 0 Å². The first-order chi connectivity index (χ1) is 8.24. The minimum Gasteiger partial charge on any atom is -0.226 e. The van der Waals surface area contributed by atoms with Crippen molar-refractivity contribution in [3.63, 3.8) is 0 Å². The largest absolute Gasteiger partial charge is 0.238 e. The minimum atomic E-state index is -0.543. The van der Waals surface area contributed by atoms with Crippen molar-refractivity contribution in [2.75, 3.05) is 0 Å². The van der Waals surface area contributed by atoms with E-state index in [9.17, 15) is 4.39 Å². The highest BCUT2D eigenvalue weighted by atomic mass is 19.1. The lowest BCUT2D eigenvalue weighted by atomic mass is 10.2. The van der Waals surface area contributed by atoms with Gasteiger partial charge in [-0.05, 0) is 26.0 Å². The lowest BCUT2D eigenvalue weighted by molar-refractivity contribution is 0.564. The van der Waals surface area contributed by atoms with E-state index in [2.05, 4.69) is 15.3 Å². The molecule has 0 amide bonds. The Morgan fingerprint density at radius 1 is 1.47 bits per heavy atom. The molecule has 0 N–H and O–H groups in total. The second-order valence-corrected chi connectivity index (χ2v) is 3.62. The molecule has 0 unspecified atom stereocenters. The van der Waals surface area contributed by atoms with Crippen LogP contribution < -0.4 is 0 Å². The van der Waals surface area contributed by atoms with Crippen molar-refractivity contribution < 1.29 is 4.39 Å². The maximum atomic E-state index is 13.5. The monoisotopic (exact) mass is 232 g/mol. The molecule has 17 heavy (non-hydrogen) atoms. The molecule has 0 saturated carbocycles. The lowest BCUT2D eigenvalue weighted by Crippen LogP contribution is -2.03. The Morgan fingerprint density at radius 3 is 3.00 bits per heavy atom. The van der Waals surface area contributed by atoms with Crippen LogP contribution in [0.4, 0.5) is 4.39 Å². The van der Waals surface area contributed by atoms with E-state index < -0.39 is 5.95 Å². The predicted octanol–water partition coefficient (Wildman–Crippen LogP) is 2.23. The average Bonchev–Trinajstić information content (AvgIpc) is 2.69. The van der Waals surface area contributed by atoms with E-state index in [0.29, 0.717) is 12.1 Å². The first-order valence-electron chi connectivity index (χ1n) is 5.37. The van der Waals surface area contributed by atoms with Gasteiger partial charge < -0.3 is 0 Å². The highest BCUT2D eigenvalue weighted by Crippen LogP contribution is 2.14. The number of halogens is 1. The fourth-order valence-electron chi connectivity index (χ4n) is 1.54. The normalized spacial score (nSPS) is 11.2. The van der Waals surface area contributed by atoms with Crippen molar-refractivity contribution in [3.8, 4) is 5.69 Å². The molecule has 0 saturated heterocycles. The molecule has 0 aliphatic rings. The van der Waals surface area contributed by atoms with Crippen LogP contribution in [0.3, 0.4) is 0 Å².